The third kappa shape index (κ3) is 3.60. The van der Waals surface area contributed by atoms with Gasteiger partial charge >= 0.3 is 0 Å². The number of benzene rings is 1. The zero-order valence-electron chi connectivity index (χ0n) is 12.7. The van der Waals surface area contributed by atoms with Gasteiger partial charge in [-0.1, -0.05) is 6.07 Å². The van der Waals surface area contributed by atoms with Crippen molar-refractivity contribution in [3.63, 3.8) is 0 Å². The van der Waals surface area contributed by atoms with Gasteiger partial charge in [-0.25, -0.2) is 4.39 Å². The first-order valence-electron chi connectivity index (χ1n) is 7.15. The highest BCUT2D eigenvalue weighted by atomic mass is 19.1. The maximum Gasteiger partial charge on any atom is 0.247 e. The number of amides is 2. The zero-order chi connectivity index (χ0) is 15.6. The Morgan fingerprint density at radius 2 is 2.05 bits per heavy atom. The summed E-state index contributed by atoms with van der Waals surface area (Å²) in [6.07, 6.45) is 0.972. The predicted octanol–water partition coefficient (Wildman–Crippen LogP) is 1.80. The summed E-state index contributed by atoms with van der Waals surface area (Å²) >= 11 is 0. The van der Waals surface area contributed by atoms with Crippen molar-refractivity contribution in [2.75, 3.05) is 13.1 Å². The molecule has 5 heteroatoms. The van der Waals surface area contributed by atoms with E-state index in [1.165, 1.54) is 12.1 Å². The molecule has 0 aliphatic carbocycles. The van der Waals surface area contributed by atoms with Gasteiger partial charge in [-0.2, -0.15) is 0 Å². The second-order valence-electron chi connectivity index (χ2n) is 6.04. The molecule has 0 saturated carbocycles. The Kier molecular flexibility index (Phi) is 4.30. The minimum atomic E-state index is -0.870. The second kappa shape index (κ2) is 5.84. The van der Waals surface area contributed by atoms with Crippen LogP contribution in [0.5, 0.6) is 0 Å². The van der Waals surface area contributed by atoms with Crippen LogP contribution in [-0.4, -0.2) is 35.3 Å². The van der Waals surface area contributed by atoms with Crippen molar-refractivity contribution < 1.29 is 14.0 Å². The van der Waals surface area contributed by atoms with Gasteiger partial charge in [-0.3, -0.25) is 9.59 Å². The molecule has 1 aromatic rings. The van der Waals surface area contributed by atoms with Gasteiger partial charge in [-0.15, -0.1) is 0 Å². The fraction of sp³-hybridized carbons (Fsp3) is 0.500. The highest BCUT2D eigenvalue weighted by Crippen LogP contribution is 2.16. The minimum Gasteiger partial charge on any atom is -0.342 e. The number of hydrogen-bond donors (Lipinski definition) is 1. The van der Waals surface area contributed by atoms with Gasteiger partial charge in [0.15, 0.2) is 0 Å². The van der Waals surface area contributed by atoms with Crippen LogP contribution in [0.4, 0.5) is 4.39 Å². The molecule has 2 amide bonds. The van der Waals surface area contributed by atoms with Crippen molar-refractivity contribution in [1.82, 2.24) is 10.2 Å². The monoisotopic (exact) mass is 292 g/mol. The van der Waals surface area contributed by atoms with Crippen molar-refractivity contribution in [1.29, 1.82) is 0 Å². The smallest absolute Gasteiger partial charge is 0.247 e. The van der Waals surface area contributed by atoms with Crippen LogP contribution in [0.15, 0.2) is 18.2 Å². The summed E-state index contributed by atoms with van der Waals surface area (Å²) in [7, 11) is 0. The highest BCUT2D eigenvalue weighted by molar-refractivity contribution is 5.92. The lowest BCUT2D eigenvalue weighted by Crippen LogP contribution is -2.53. The van der Waals surface area contributed by atoms with E-state index in [4.69, 9.17) is 0 Å². The van der Waals surface area contributed by atoms with Crippen LogP contribution in [0.25, 0.3) is 0 Å². The lowest BCUT2D eigenvalue weighted by Gasteiger charge is -2.29. The molecule has 1 aliphatic heterocycles. The Balaban J connectivity index is 2.08. The van der Waals surface area contributed by atoms with E-state index in [0.29, 0.717) is 25.9 Å². The standard InChI is InChI=1S/C16H21FN2O2/c1-11-10-13(17)5-4-12(11)6-8-19-9-7-14(20)18-16(2,3)15(19)21/h4-5,10H,6-9H2,1-3H3,(H,18,20). The summed E-state index contributed by atoms with van der Waals surface area (Å²) < 4.78 is 13.1. The SMILES string of the molecule is Cc1cc(F)ccc1CCN1CCC(=O)NC(C)(C)C1=O. The molecular formula is C16H21FN2O2. The molecule has 4 nitrogen and oxygen atoms in total. The molecule has 0 unspecified atom stereocenters. The molecule has 0 spiro atoms. The summed E-state index contributed by atoms with van der Waals surface area (Å²) in [5, 5.41) is 2.74. The maximum absolute atomic E-state index is 13.1. The molecule has 1 fully saturated rings. The number of aryl methyl sites for hydroxylation is 1. The second-order valence-corrected chi connectivity index (χ2v) is 6.04. The van der Waals surface area contributed by atoms with Crippen molar-refractivity contribution in [3.8, 4) is 0 Å². The molecule has 2 rings (SSSR count). The lowest BCUT2D eigenvalue weighted by molar-refractivity contribution is -0.137. The van der Waals surface area contributed by atoms with Crippen molar-refractivity contribution in [2.24, 2.45) is 0 Å². The van der Waals surface area contributed by atoms with E-state index in [0.717, 1.165) is 11.1 Å². The number of halogens is 1. The van der Waals surface area contributed by atoms with Crippen LogP contribution in [-0.2, 0) is 16.0 Å². The van der Waals surface area contributed by atoms with Gasteiger partial charge in [0, 0.05) is 19.5 Å². The minimum absolute atomic E-state index is 0.0758. The largest absolute Gasteiger partial charge is 0.342 e. The highest BCUT2D eigenvalue weighted by Gasteiger charge is 2.36. The molecule has 1 aromatic carbocycles. The van der Waals surface area contributed by atoms with E-state index >= 15 is 0 Å². The van der Waals surface area contributed by atoms with Crippen molar-refractivity contribution in [2.45, 2.75) is 39.2 Å². The van der Waals surface area contributed by atoms with Crippen molar-refractivity contribution >= 4 is 11.8 Å². The molecule has 1 N–H and O–H groups in total. The fourth-order valence-electron chi connectivity index (χ4n) is 2.61. The summed E-state index contributed by atoms with van der Waals surface area (Å²) in [6, 6.07) is 4.68. The Morgan fingerprint density at radius 1 is 1.33 bits per heavy atom. The van der Waals surface area contributed by atoms with Crippen LogP contribution < -0.4 is 5.32 Å². The number of carbonyl (C=O) groups is 2. The van der Waals surface area contributed by atoms with Crippen LogP contribution >= 0.6 is 0 Å². The van der Waals surface area contributed by atoms with Crippen LogP contribution in [0.3, 0.4) is 0 Å². The van der Waals surface area contributed by atoms with E-state index in [2.05, 4.69) is 5.32 Å². The lowest BCUT2D eigenvalue weighted by atomic mass is 10.0. The van der Waals surface area contributed by atoms with Crippen LogP contribution in [0.1, 0.15) is 31.4 Å². The topological polar surface area (TPSA) is 49.4 Å². The molecule has 114 valence electrons. The summed E-state index contributed by atoms with van der Waals surface area (Å²) in [4.78, 5) is 25.8. The molecular weight excluding hydrogens is 271 g/mol. The van der Waals surface area contributed by atoms with E-state index in [1.54, 1.807) is 24.8 Å². The molecule has 0 aromatic heterocycles. The van der Waals surface area contributed by atoms with E-state index in [1.807, 2.05) is 6.92 Å². The van der Waals surface area contributed by atoms with Gasteiger partial charge < -0.3 is 10.2 Å². The predicted molar refractivity (Wildman–Crippen MR) is 78.3 cm³/mol. The number of nitrogens with zero attached hydrogens (tertiary/aromatic N) is 1. The number of nitrogens with one attached hydrogen (secondary N) is 1. The van der Waals surface area contributed by atoms with Gasteiger partial charge in [0.25, 0.3) is 0 Å². The molecule has 0 atom stereocenters. The average Bonchev–Trinajstić information content (AvgIpc) is 2.47. The molecule has 0 bridgehead atoms. The Bertz CT molecular complexity index is 569. The van der Waals surface area contributed by atoms with E-state index in [9.17, 15) is 14.0 Å². The van der Waals surface area contributed by atoms with Gasteiger partial charge in [0.05, 0.1) is 0 Å². The normalized spacial score (nSPS) is 18.4. The number of carbonyl (C=O) groups excluding carboxylic acids is 2. The number of hydrogen-bond acceptors (Lipinski definition) is 2. The molecule has 0 radical (unpaired) electrons. The maximum atomic E-state index is 13.1. The average molecular weight is 292 g/mol. The first kappa shape index (κ1) is 15.5. The Hall–Kier alpha value is -1.91. The molecule has 21 heavy (non-hydrogen) atoms. The third-order valence-corrected chi connectivity index (χ3v) is 3.84. The molecule has 1 aliphatic rings. The third-order valence-electron chi connectivity index (χ3n) is 3.84. The first-order chi connectivity index (χ1) is 9.79. The first-order valence-corrected chi connectivity index (χ1v) is 7.15. The van der Waals surface area contributed by atoms with Crippen LogP contribution in [0, 0.1) is 12.7 Å². The van der Waals surface area contributed by atoms with E-state index in [-0.39, 0.29) is 17.6 Å². The van der Waals surface area contributed by atoms with Crippen LogP contribution in [0.2, 0.25) is 0 Å². The van der Waals surface area contributed by atoms with Gasteiger partial charge in [0.1, 0.15) is 11.4 Å². The Morgan fingerprint density at radius 3 is 2.71 bits per heavy atom. The zero-order valence-corrected chi connectivity index (χ0v) is 12.7. The van der Waals surface area contributed by atoms with Gasteiger partial charge in [0.2, 0.25) is 11.8 Å². The fourth-order valence-corrected chi connectivity index (χ4v) is 2.61. The molecule has 1 heterocycles. The number of rotatable bonds is 3. The molecule has 1 saturated heterocycles. The van der Waals surface area contributed by atoms with E-state index < -0.39 is 5.54 Å². The summed E-state index contributed by atoms with van der Waals surface area (Å²) in [5.41, 5.74) is 1.03. The quantitative estimate of drug-likeness (QED) is 0.923. The summed E-state index contributed by atoms with van der Waals surface area (Å²) in [6.45, 7) is 6.25. The van der Waals surface area contributed by atoms with Gasteiger partial charge in [-0.05, 0) is 50.5 Å². The van der Waals surface area contributed by atoms with Crippen molar-refractivity contribution in [3.05, 3.63) is 35.1 Å². The summed E-state index contributed by atoms with van der Waals surface area (Å²) in [5.74, 6) is -0.431. The Labute approximate surface area is 124 Å².